The van der Waals surface area contributed by atoms with E-state index in [-0.39, 0.29) is 17.4 Å². The molecule has 88 valence electrons. The van der Waals surface area contributed by atoms with Gasteiger partial charge < -0.3 is 15.7 Å². The van der Waals surface area contributed by atoms with E-state index in [2.05, 4.69) is 10.6 Å². The summed E-state index contributed by atoms with van der Waals surface area (Å²) in [6, 6.07) is 0. The van der Waals surface area contributed by atoms with Crippen molar-refractivity contribution in [3.8, 4) is 0 Å². The van der Waals surface area contributed by atoms with Crippen LogP contribution in [-0.4, -0.2) is 48.1 Å². The third-order valence-corrected chi connectivity index (χ3v) is 2.48. The van der Waals surface area contributed by atoms with Gasteiger partial charge in [-0.15, -0.1) is 11.8 Å². The average Bonchev–Trinajstić information content (AvgIpc) is 2.17. The van der Waals surface area contributed by atoms with Gasteiger partial charge in [-0.3, -0.25) is 9.59 Å². The van der Waals surface area contributed by atoms with Crippen molar-refractivity contribution in [2.24, 2.45) is 0 Å². The number of nitrogens with one attached hydrogen (secondary N) is 2. The lowest BCUT2D eigenvalue weighted by Crippen LogP contribution is -2.28. The molecule has 0 aliphatic carbocycles. The molecule has 0 radical (unpaired) electrons. The number of hydrogen-bond acceptors (Lipinski definition) is 4. The SMILES string of the molecule is CCNCCCNC(=O)CSCC(=O)O. The molecule has 0 aromatic carbocycles. The average molecular weight is 234 g/mol. The molecule has 0 aliphatic heterocycles. The zero-order valence-electron chi connectivity index (χ0n) is 8.91. The molecule has 0 fully saturated rings. The first-order valence-corrected chi connectivity index (χ1v) is 6.09. The summed E-state index contributed by atoms with van der Waals surface area (Å²) in [5.41, 5.74) is 0. The van der Waals surface area contributed by atoms with Crippen LogP contribution >= 0.6 is 11.8 Å². The molecule has 0 unspecified atom stereocenters. The lowest BCUT2D eigenvalue weighted by Gasteiger charge is -2.04. The van der Waals surface area contributed by atoms with Gasteiger partial charge in [-0.25, -0.2) is 0 Å². The van der Waals surface area contributed by atoms with Crippen molar-refractivity contribution in [3.63, 3.8) is 0 Å². The van der Waals surface area contributed by atoms with Gasteiger partial charge in [0.05, 0.1) is 11.5 Å². The summed E-state index contributed by atoms with van der Waals surface area (Å²) in [6.07, 6.45) is 0.892. The number of rotatable bonds is 9. The van der Waals surface area contributed by atoms with Crippen LogP contribution in [0.1, 0.15) is 13.3 Å². The first kappa shape index (κ1) is 14.2. The maximum atomic E-state index is 11.1. The highest BCUT2D eigenvalue weighted by molar-refractivity contribution is 8.00. The van der Waals surface area contributed by atoms with Gasteiger partial charge in [0.15, 0.2) is 0 Å². The monoisotopic (exact) mass is 234 g/mol. The molecule has 0 aromatic heterocycles. The molecule has 6 heteroatoms. The molecule has 15 heavy (non-hydrogen) atoms. The van der Waals surface area contributed by atoms with Crippen molar-refractivity contribution in [2.45, 2.75) is 13.3 Å². The highest BCUT2D eigenvalue weighted by Crippen LogP contribution is 1.97. The van der Waals surface area contributed by atoms with Gasteiger partial charge in [0.1, 0.15) is 0 Å². The van der Waals surface area contributed by atoms with E-state index in [1.165, 1.54) is 0 Å². The fourth-order valence-corrected chi connectivity index (χ4v) is 1.46. The molecule has 0 bridgehead atoms. The predicted molar refractivity (Wildman–Crippen MR) is 61.1 cm³/mol. The summed E-state index contributed by atoms with van der Waals surface area (Å²) in [7, 11) is 0. The molecule has 0 atom stereocenters. The van der Waals surface area contributed by atoms with E-state index < -0.39 is 5.97 Å². The normalized spacial score (nSPS) is 9.93. The third kappa shape index (κ3) is 11.2. The molecule has 5 nitrogen and oxygen atoms in total. The molecule has 0 spiro atoms. The Hall–Kier alpha value is -0.750. The topological polar surface area (TPSA) is 78.4 Å². The van der Waals surface area contributed by atoms with Crippen LogP contribution in [0.4, 0.5) is 0 Å². The maximum absolute atomic E-state index is 11.1. The maximum Gasteiger partial charge on any atom is 0.313 e. The number of aliphatic carboxylic acids is 1. The van der Waals surface area contributed by atoms with Crippen LogP contribution in [0.5, 0.6) is 0 Å². The van der Waals surface area contributed by atoms with Crippen LogP contribution in [0.25, 0.3) is 0 Å². The number of amides is 1. The van der Waals surface area contributed by atoms with Gasteiger partial charge in [-0.1, -0.05) is 6.92 Å². The van der Waals surface area contributed by atoms with Crippen molar-refractivity contribution in [2.75, 3.05) is 31.1 Å². The third-order valence-electron chi connectivity index (χ3n) is 1.56. The van der Waals surface area contributed by atoms with E-state index in [1.54, 1.807) is 0 Å². The summed E-state index contributed by atoms with van der Waals surface area (Å²) in [4.78, 5) is 21.3. The zero-order valence-corrected chi connectivity index (χ0v) is 9.73. The minimum Gasteiger partial charge on any atom is -0.481 e. The van der Waals surface area contributed by atoms with E-state index in [4.69, 9.17) is 5.11 Å². The zero-order chi connectivity index (χ0) is 11.5. The van der Waals surface area contributed by atoms with Crippen LogP contribution in [0.15, 0.2) is 0 Å². The van der Waals surface area contributed by atoms with Crippen molar-refractivity contribution >= 4 is 23.6 Å². The molecule has 0 heterocycles. The summed E-state index contributed by atoms with van der Waals surface area (Å²) in [5.74, 6) is -0.795. The molecule has 0 aliphatic rings. The highest BCUT2D eigenvalue weighted by atomic mass is 32.2. The van der Waals surface area contributed by atoms with Gasteiger partial charge in [0.25, 0.3) is 0 Å². The second kappa shape index (κ2) is 9.79. The second-order valence-electron chi connectivity index (χ2n) is 2.94. The van der Waals surface area contributed by atoms with E-state index in [0.717, 1.165) is 31.3 Å². The van der Waals surface area contributed by atoms with Crippen molar-refractivity contribution in [3.05, 3.63) is 0 Å². The van der Waals surface area contributed by atoms with Crippen molar-refractivity contribution in [1.29, 1.82) is 0 Å². The van der Waals surface area contributed by atoms with Crippen LogP contribution < -0.4 is 10.6 Å². The summed E-state index contributed by atoms with van der Waals surface area (Å²) in [6.45, 7) is 4.49. The Morgan fingerprint density at radius 3 is 2.60 bits per heavy atom. The molecule has 0 saturated heterocycles. The minimum absolute atomic E-state index is 0.0230. The van der Waals surface area contributed by atoms with Gasteiger partial charge in [-0.05, 0) is 19.5 Å². The number of carbonyl (C=O) groups excluding carboxylic acids is 1. The van der Waals surface area contributed by atoms with Crippen molar-refractivity contribution < 1.29 is 14.7 Å². The fraction of sp³-hybridized carbons (Fsp3) is 0.778. The van der Waals surface area contributed by atoms with E-state index in [1.807, 2.05) is 6.92 Å². The highest BCUT2D eigenvalue weighted by Gasteiger charge is 2.02. The molecule has 0 rings (SSSR count). The van der Waals surface area contributed by atoms with Gasteiger partial charge in [-0.2, -0.15) is 0 Å². The Balaban J connectivity index is 3.22. The Bertz CT molecular complexity index is 200. The number of hydrogen-bond donors (Lipinski definition) is 3. The summed E-state index contributed by atoms with van der Waals surface area (Å²) >= 11 is 1.11. The minimum atomic E-state index is -0.889. The van der Waals surface area contributed by atoms with E-state index >= 15 is 0 Å². The number of thioether (sulfide) groups is 1. The first-order chi connectivity index (χ1) is 7.16. The van der Waals surface area contributed by atoms with Gasteiger partial charge >= 0.3 is 5.97 Å². The Morgan fingerprint density at radius 2 is 2.00 bits per heavy atom. The van der Waals surface area contributed by atoms with Crippen LogP contribution in [0.2, 0.25) is 0 Å². The molecule has 3 N–H and O–H groups in total. The first-order valence-electron chi connectivity index (χ1n) is 4.93. The molecule has 0 aromatic rings. The molecule has 0 saturated carbocycles. The Labute approximate surface area is 94.0 Å². The smallest absolute Gasteiger partial charge is 0.313 e. The van der Waals surface area contributed by atoms with Crippen LogP contribution in [0, 0.1) is 0 Å². The molecule has 1 amide bonds. The Morgan fingerprint density at radius 1 is 1.27 bits per heavy atom. The van der Waals surface area contributed by atoms with Crippen molar-refractivity contribution in [1.82, 2.24) is 10.6 Å². The van der Waals surface area contributed by atoms with Gasteiger partial charge in [0.2, 0.25) is 5.91 Å². The van der Waals surface area contributed by atoms with E-state index in [9.17, 15) is 9.59 Å². The standard InChI is InChI=1S/C9H18N2O3S/c1-2-10-4-3-5-11-8(12)6-15-7-9(13)14/h10H,2-7H2,1H3,(H,11,12)(H,13,14). The van der Waals surface area contributed by atoms with Crippen LogP contribution in [0.3, 0.4) is 0 Å². The fourth-order valence-electron chi connectivity index (χ4n) is 0.900. The predicted octanol–water partition coefficient (Wildman–Crippen LogP) is -0.0800. The number of carboxylic acids is 1. The number of carboxylic acid groups (broad SMARTS) is 1. The second-order valence-corrected chi connectivity index (χ2v) is 3.93. The van der Waals surface area contributed by atoms with Gasteiger partial charge in [0, 0.05) is 6.54 Å². The summed E-state index contributed by atoms with van der Waals surface area (Å²) in [5, 5.41) is 14.2. The molecular weight excluding hydrogens is 216 g/mol. The lowest BCUT2D eigenvalue weighted by atomic mass is 10.4. The van der Waals surface area contributed by atoms with Crippen LogP contribution in [-0.2, 0) is 9.59 Å². The largest absolute Gasteiger partial charge is 0.481 e. The quantitative estimate of drug-likeness (QED) is 0.486. The summed E-state index contributed by atoms with van der Waals surface area (Å²) < 4.78 is 0. The van der Waals surface area contributed by atoms with E-state index in [0.29, 0.717) is 6.54 Å². The molecular formula is C9H18N2O3S. The Kier molecular flexibility index (Phi) is 9.30. The number of carbonyl (C=O) groups is 2. The lowest BCUT2D eigenvalue weighted by molar-refractivity contribution is -0.133.